The molecule has 4 saturated carbocycles. The Morgan fingerprint density at radius 3 is 2.26 bits per heavy atom. The number of rotatable bonds is 10. The molecule has 11 atom stereocenters. The first-order valence-electron chi connectivity index (χ1n) is 18.3. The molecule has 4 fully saturated rings. The Balaban J connectivity index is 1.13. The van der Waals surface area contributed by atoms with Crippen molar-refractivity contribution in [3.8, 4) is 0 Å². The fraction of sp³-hybridized carbons (Fsp3) is 0.769. The van der Waals surface area contributed by atoms with Crippen LogP contribution in [0.25, 0.3) is 0 Å². The molecule has 0 aromatic heterocycles. The maximum absolute atomic E-state index is 13.0. The Morgan fingerprint density at radius 1 is 0.894 bits per heavy atom. The molecule has 0 aliphatic heterocycles. The van der Waals surface area contributed by atoms with E-state index in [-0.39, 0.29) is 59.5 Å². The van der Waals surface area contributed by atoms with Gasteiger partial charge in [0, 0.05) is 18.5 Å². The Morgan fingerprint density at radius 2 is 1.55 bits per heavy atom. The number of benzene rings is 1. The molecule has 4 aliphatic rings. The predicted molar refractivity (Wildman–Crippen MR) is 184 cm³/mol. The molecule has 0 saturated heterocycles. The van der Waals surface area contributed by atoms with Crippen molar-refractivity contribution in [3.63, 3.8) is 0 Å². The lowest BCUT2D eigenvalue weighted by atomic mass is 9.43. The highest BCUT2D eigenvalue weighted by Gasteiger charge is 2.62. The quantitative estimate of drug-likeness (QED) is 0.191. The van der Waals surface area contributed by atoms with Gasteiger partial charge < -0.3 is 26.0 Å². The summed E-state index contributed by atoms with van der Waals surface area (Å²) < 4.78 is 0. The number of anilines is 1. The van der Waals surface area contributed by atoms with Gasteiger partial charge in [0.25, 0.3) is 0 Å². The van der Waals surface area contributed by atoms with E-state index >= 15 is 0 Å². The zero-order chi connectivity index (χ0) is 34.3. The van der Waals surface area contributed by atoms with Crippen LogP contribution in [0.1, 0.15) is 124 Å². The lowest BCUT2D eigenvalue weighted by Crippen LogP contribution is -2.58. The minimum Gasteiger partial charge on any atom is -0.480 e. The predicted octanol–water partition coefficient (Wildman–Crippen LogP) is 6.68. The van der Waals surface area contributed by atoms with Crippen LogP contribution in [0.3, 0.4) is 0 Å². The molecule has 5 rings (SSSR count). The number of carboxylic acids is 1. The highest BCUT2D eigenvalue weighted by Crippen LogP contribution is 2.68. The van der Waals surface area contributed by atoms with E-state index in [0.29, 0.717) is 41.9 Å². The van der Waals surface area contributed by atoms with Crippen LogP contribution >= 0.6 is 0 Å². The lowest BCUT2D eigenvalue weighted by Gasteiger charge is -2.62. The maximum Gasteiger partial charge on any atom is 0.326 e. The summed E-state index contributed by atoms with van der Waals surface area (Å²) in [6.45, 7) is 13.3. The van der Waals surface area contributed by atoms with Crippen LogP contribution in [0.5, 0.6) is 0 Å². The second-order valence-electron chi connectivity index (χ2n) is 17.3. The molecule has 47 heavy (non-hydrogen) atoms. The van der Waals surface area contributed by atoms with Gasteiger partial charge in [0.1, 0.15) is 6.04 Å². The third kappa shape index (κ3) is 7.29. The number of hydrogen-bond acceptors (Lipinski definition) is 5. The van der Waals surface area contributed by atoms with Crippen molar-refractivity contribution < 1.29 is 29.7 Å². The van der Waals surface area contributed by atoms with Crippen molar-refractivity contribution in [1.82, 2.24) is 5.32 Å². The summed E-state index contributed by atoms with van der Waals surface area (Å²) >= 11 is 0. The second-order valence-corrected chi connectivity index (χ2v) is 17.3. The van der Waals surface area contributed by atoms with Crippen molar-refractivity contribution in [1.29, 1.82) is 0 Å². The summed E-state index contributed by atoms with van der Waals surface area (Å²) in [7, 11) is 0. The summed E-state index contributed by atoms with van der Waals surface area (Å²) in [6.07, 6.45) is 8.44. The number of nitrogens with one attached hydrogen (secondary N) is 2. The van der Waals surface area contributed by atoms with Crippen LogP contribution < -0.4 is 10.6 Å². The summed E-state index contributed by atoms with van der Waals surface area (Å²) in [6, 6.07) is 6.50. The molecule has 0 heterocycles. The zero-order valence-electron chi connectivity index (χ0n) is 29.6. The van der Waals surface area contributed by atoms with E-state index in [1.54, 1.807) is 0 Å². The van der Waals surface area contributed by atoms with E-state index in [1.807, 2.05) is 24.3 Å². The highest BCUT2D eigenvalue weighted by molar-refractivity contribution is 5.92. The molecule has 0 bridgehead atoms. The molecule has 0 unspecified atom stereocenters. The number of amides is 2. The van der Waals surface area contributed by atoms with Gasteiger partial charge in [-0.3, -0.25) is 9.59 Å². The van der Waals surface area contributed by atoms with Crippen molar-refractivity contribution >= 4 is 23.5 Å². The van der Waals surface area contributed by atoms with Crippen LogP contribution in [0.15, 0.2) is 24.3 Å². The molecule has 1 aromatic rings. The summed E-state index contributed by atoms with van der Waals surface area (Å²) in [5.41, 5.74) is 1.89. The molecule has 5 N–H and O–H groups in total. The topological polar surface area (TPSA) is 136 Å². The van der Waals surface area contributed by atoms with E-state index in [0.717, 1.165) is 62.6 Å². The zero-order valence-corrected chi connectivity index (χ0v) is 29.6. The second kappa shape index (κ2) is 13.8. The minimum absolute atomic E-state index is 0.0116. The van der Waals surface area contributed by atoms with Gasteiger partial charge in [-0.1, -0.05) is 59.7 Å². The fourth-order valence-corrected chi connectivity index (χ4v) is 11.0. The van der Waals surface area contributed by atoms with E-state index in [4.69, 9.17) is 0 Å². The van der Waals surface area contributed by atoms with Crippen LogP contribution in [-0.2, 0) is 19.8 Å². The molecule has 0 radical (unpaired) electrons. The van der Waals surface area contributed by atoms with Crippen LogP contribution in [-0.4, -0.2) is 51.4 Å². The normalized spacial score (nSPS) is 36.3. The first-order valence-corrected chi connectivity index (χ1v) is 18.3. The highest BCUT2D eigenvalue weighted by atomic mass is 16.4. The number of aliphatic carboxylic acids is 1. The molecule has 1 aromatic carbocycles. The number of carbonyl (C=O) groups excluding carboxylic acids is 2. The fourth-order valence-electron chi connectivity index (χ4n) is 11.0. The van der Waals surface area contributed by atoms with Gasteiger partial charge >= 0.3 is 5.97 Å². The lowest BCUT2D eigenvalue weighted by molar-refractivity contribution is -0.174. The molecule has 262 valence electrons. The van der Waals surface area contributed by atoms with Crippen molar-refractivity contribution in [3.05, 3.63) is 29.8 Å². The Kier molecular flexibility index (Phi) is 10.5. The molecule has 4 aliphatic carbocycles. The monoisotopic (exact) mass is 652 g/mol. The SMILES string of the molecule is C[C@H](CCC(=O)N[C@@H](CCC(=O)Nc1ccccc1C(C)(C)C)C(=O)O)[C@H]1CC[C@H]2[C@@H]3[C@H](O)C[C@@H]4C[C@H](O)CC[C@]4(C)[C@H]3CC[C@]12C. The first kappa shape index (κ1) is 35.8. The van der Waals surface area contributed by atoms with Gasteiger partial charge in [-0.25, -0.2) is 4.79 Å². The van der Waals surface area contributed by atoms with E-state index in [9.17, 15) is 29.7 Å². The smallest absolute Gasteiger partial charge is 0.326 e. The van der Waals surface area contributed by atoms with Crippen molar-refractivity contribution in [2.75, 3.05) is 5.32 Å². The Hall–Kier alpha value is -2.45. The average Bonchev–Trinajstić information content (AvgIpc) is 3.35. The Labute approximate surface area is 281 Å². The number of carboxylic acid groups (broad SMARTS) is 1. The van der Waals surface area contributed by atoms with E-state index < -0.39 is 12.0 Å². The van der Waals surface area contributed by atoms with Crippen LogP contribution in [0.2, 0.25) is 0 Å². The first-order chi connectivity index (χ1) is 22.0. The number of aliphatic hydroxyl groups excluding tert-OH is 2. The Bertz CT molecular complexity index is 1310. The van der Waals surface area contributed by atoms with Crippen molar-refractivity contribution in [2.45, 2.75) is 142 Å². The van der Waals surface area contributed by atoms with Gasteiger partial charge in [-0.15, -0.1) is 0 Å². The number of aliphatic hydroxyl groups is 2. The van der Waals surface area contributed by atoms with Crippen molar-refractivity contribution in [2.24, 2.45) is 46.3 Å². The number of fused-ring (bicyclic) bond motifs is 5. The third-order valence-corrected chi connectivity index (χ3v) is 13.5. The molecular formula is C39H60N2O6. The molecule has 8 nitrogen and oxygen atoms in total. The summed E-state index contributed by atoms with van der Waals surface area (Å²) in [5, 5.41) is 37.3. The van der Waals surface area contributed by atoms with Crippen LogP contribution in [0, 0.1) is 46.3 Å². The number of para-hydroxylation sites is 1. The van der Waals surface area contributed by atoms with Gasteiger partial charge in [0.2, 0.25) is 11.8 Å². The molecular weight excluding hydrogens is 592 g/mol. The standard InChI is InChI=1S/C39H60N2O6/c1-23(11-15-33(44)41-31(36(46)47)14-16-34(45)40-30-10-8-7-9-27(30)37(2,3)4)26-12-13-28-35-29(18-20-39(26,28)6)38(5)19-17-25(42)21-24(38)22-32(35)43/h7-10,23-26,28-29,31-32,35,42-43H,11-22H2,1-6H3,(H,40,45)(H,41,44)(H,46,47)/t23-,24+,25-,26-,28+,29+,31+,32-,35+,38+,39-/m1/s1. The van der Waals surface area contributed by atoms with Gasteiger partial charge in [0.15, 0.2) is 0 Å². The van der Waals surface area contributed by atoms with Gasteiger partial charge in [0.05, 0.1) is 12.2 Å². The average molecular weight is 653 g/mol. The molecule has 0 spiro atoms. The minimum atomic E-state index is -1.13. The third-order valence-electron chi connectivity index (χ3n) is 13.5. The van der Waals surface area contributed by atoms with Gasteiger partial charge in [-0.05, 0) is 128 Å². The van der Waals surface area contributed by atoms with E-state index in [2.05, 4.69) is 52.2 Å². The molecule has 8 heteroatoms. The number of carbonyl (C=O) groups is 3. The molecule has 2 amide bonds. The summed E-state index contributed by atoms with van der Waals surface area (Å²) in [5.74, 6) is 0.754. The van der Waals surface area contributed by atoms with Gasteiger partial charge in [-0.2, -0.15) is 0 Å². The largest absolute Gasteiger partial charge is 0.480 e. The van der Waals surface area contributed by atoms with E-state index in [1.165, 1.54) is 0 Å². The van der Waals surface area contributed by atoms with Crippen LogP contribution in [0.4, 0.5) is 5.69 Å². The summed E-state index contributed by atoms with van der Waals surface area (Å²) in [4.78, 5) is 37.8. The number of hydrogen-bond donors (Lipinski definition) is 5. The maximum atomic E-state index is 13.0.